The van der Waals surface area contributed by atoms with Gasteiger partial charge in [-0.2, -0.15) is 5.10 Å². The van der Waals surface area contributed by atoms with E-state index in [0.717, 1.165) is 22.2 Å². The van der Waals surface area contributed by atoms with E-state index in [9.17, 15) is 4.79 Å². The molecule has 0 atom stereocenters. The fourth-order valence-electron chi connectivity index (χ4n) is 2.84. The van der Waals surface area contributed by atoms with Crippen LogP contribution in [0.2, 0.25) is 0 Å². The summed E-state index contributed by atoms with van der Waals surface area (Å²) in [4.78, 5) is 17.1. The highest BCUT2D eigenvalue weighted by Gasteiger charge is 2.20. The molecule has 3 aromatic carbocycles. The third kappa shape index (κ3) is 4.64. The van der Waals surface area contributed by atoms with E-state index in [-0.39, 0.29) is 11.7 Å². The van der Waals surface area contributed by atoms with Gasteiger partial charge >= 0.3 is 5.16 Å². The Morgan fingerprint density at radius 1 is 0.897 bits per heavy atom. The van der Waals surface area contributed by atoms with Crippen molar-refractivity contribution in [3.63, 3.8) is 0 Å². The van der Waals surface area contributed by atoms with Gasteiger partial charge in [-0.05, 0) is 53.1 Å². The lowest BCUT2D eigenvalue weighted by atomic mass is 10.2. The van der Waals surface area contributed by atoms with Crippen LogP contribution in [0.3, 0.4) is 0 Å². The number of anilines is 2. The summed E-state index contributed by atoms with van der Waals surface area (Å²) in [5.74, 6) is 0.110. The molecule has 0 saturated heterocycles. The van der Waals surface area contributed by atoms with E-state index < -0.39 is 0 Å². The zero-order valence-corrected chi connectivity index (χ0v) is 16.4. The van der Waals surface area contributed by atoms with Gasteiger partial charge in [-0.25, -0.2) is 0 Å². The van der Waals surface area contributed by atoms with Crippen molar-refractivity contribution in [1.29, 1.82) is 0 Å². The van der Waals surface area contributed by atoms with Crippen LogP contribution < -0.4 is 15.1 Å². The summed E-state index contributed by atoms with van der Waals surface area (Å²) in [6.07, 6.45) is 1.62. The topological polar surface area (TPSA) is 64.9 Å². The lowest BCUT2D eigenvalue weighted by molar-refractivity contribution is -0.694. The second-order valence-corrected chi connectivity index (χ2v) is 7.11. The molecular formula is C22H20N5OS+. The SMILES string of the molecule is O=C(CSc1nc[nH][n+]1-c1ccccc1)NN(c1ccccc1)c1ccccc1. The van der Waals surface area contributed by atoms with Crippen molar-refractivity contribution < 1.29 is 9.48 Å². The molecule has 2 N–H and O–H groups in total. The van der Waals surface area contributed by atoms with Gasteiger partial charge in [-0.1, -0.05) is 54.6 Å². The van der Waals surface area contributed by atoms with E-state index in [2.05, 4.69) is 15.5 Å². The van der Waals surface area contributed by atoms with Crippen LogP contribution in [0, 0.1) is 0 Å². The Kier molecular flexibility index (Phi) is 5.87. The molecule has 6 nitrogen and oxygen atoms in total. The zero-order chi connectivity index (χ0) is 19.9. The normalized spacial score (nSPS) is 10.5. The van der Waals surface area contributed by atoms with Crippen LogP contribution in [0.5, 0.6) is 0 Å². The lowest BCUT2D eigenvalue weighted by Gasteiger charge is -2.25. The maximum absolute atomic E-state index is 12.7. The minimum atomic E-state index is -0.120. The number of hydrazine groups is 1. The highest BCUT2D eigenvalue weighted by molar-refractivity contribution is 7.99. The van der Waals surface area contributed by atoms with Crippen molar-refractivity contribution in [2.45, 2.75) is 5.16 Å². The van der Waals surface area contributed by atoms with E-state index in [1.54, 1.807) is 11.3 Å². The number of hydrogen-bond acceptors (Lipinski definition) is 4. The van der Waals surface area contributed by atoms with Crippen molar-refractivity contribution in [3.05, 3.63) is 97.3 Å². The third-order valence-electron chi connectivity index (χ3n) is 4.17. The van der Waals surface area contributed by atoms with Gasteiger partial charge in [0, 0.05) is 0 Å². The minimum Gasteiger partial charge on any atom is -0.272 e. The third-order valence-corrected chi connectivity index (χ3v) is 5.12. The first-order chi connectivity index (χ1) is 14.3. The fourth-order valence-corrected chi connectivity index (χ4v) is 3.58. The van der Waals surface area contributed by atoms with E-state index in [1.807, 2.05) is 95.7 Å². The molecule has 7 heteroatoms. The highest BCUT2D eigenvalue weighted by Crippen LogP contribution is 2.22. The number of nitrogens with one attached hydrogen (secondary N) is 2. The van der Waals surface area contributed by atoms with Crippen LogP contribution in [0.4, 0.5) is 11.4 Å². The predicted octanol–water partition coefficient (Wildman–Crippen LogP) is 3.65. The van der Waals surface area contributed by atoms with Crippen molar-refractivity contribution in [3.8, 4) is 5.69 Å². The monoisotopic (exact) mass is 402 g/mol. The summed E-state index contributed by atoms with van der Waals surface area (Å²) in [5.41, 5.74) is 5.73. The molecular weight excluding hydrogens is 382 g/mol. The first-order valence-electron chi connectivity index (χ1n) is 9.14. The van der Waals surface area contributed by atoms with E-state index in [0.29, 0.717) is 0 Å². The predicted molar refractivity (Wildman–Crippen MR) is 114 cm³/mol. The van der Waals surface area contributed by atoms with Crippen molar-refractivity contribution in [2.24, 2.45) is 0 Å². The molecule has 4 aromatic rings. The molecule has 0 spiro atoms. The minimum absolute atomic E-state index is 0.120. The molecule has 0 bridgehead atoms. The van der Waals surface area contributed by atoms with Crippen LogP contribution in [0.15, 0.2) is 102 Å². The Morgan fingerprint density at radius 2 is 1.45 bits per heavy atom. The van der Waals surface area contributed by atoms with Gasteiger partial charge in [-0.15, -0.1) is 4.68 Å². The van der Waals surface area contributed by atoms with Crippen LogP contribution in [0.1, 0.15) is 0 Å². The van der Waals surface area contributed by atoms with E-state index in [4.69, 9.17) is 0 Å². The molecule has 0 fully saturated rings. The average Bonchev–Trinajstić information content (AvgIpc) is 3.26. The first kappa shape index (κ1) is 18.8. The van der Waals surface area contributed by atoms with Crippen molar-refractivity contribution >= 4 is 29.0 Å². The lowest BCUT2D eigenvalue weighted by Crippen LogP contribution is -2.40. The first-order valence-corrected chi connectivity index (χ1v) is 10.1. The smallest absolute Gasteiger partial charge is 0.272 e. The number of thioether (sulfide) groups is 1. The molecule has 0 saturated carbocycles. The fraction of sp³-hybridized carbons (Fsp3) is 0.0455. The number of rotatable bonds is 7. The van der Waals surface area contributed by atoms with Gasteiger partial charge in [0.15, 0.2) is 5.69 Å². The number of aromatic amines is 1. The number of carbonyl (C=O) groups excluding carboxylic acids is 1. The summed E-state index contributed by atoms with van der Waals surface area (Å²) >= 11 is 1.37. The number of benzene rings is 3. The van der Waals surface area contributed by atoms with Gasteiger partial charge < -0.3 is 0 Å². The summed E-state index contributed by atoms with van der Waals surface area (Å²) in [5, 5.41) is 5.59. The quantitative estimate of drug-likeness (QED) is 0.281. The van der Waals surface area contributed by atoms with Gasteiger partial charge in [-0.3, -0.25) is 15.2 Å². The van der Waals surface area contributed by atoms with Crippen LogP contribution in [0.25, 0.3) is 5.69 Å². The van der Waals surface area contributed by atoms with Gasteiger partial charge in [0.1, 0.15) is 0 Å². The number of para-hydroxylation sites is 3. The molecule has 0 radical (unpaired) electrons. The van der Waals surface area contributed by atoms with Crippen LogP contribution >= 0.6 is 11.8 Å². The molecule has 0 aliphatic rings. The Hall–Kier alpha value is -3.58. The van der Waals surface area contributed by atoms with Gasteiger partial charge in [0.2, 0.25) is 12.2 Å². The molecule has 4 rings (SSSR count). The Balaban J connectivity index is 1.47. The second kappa shape index (κ2) is 9.07. The average molecular weight is 403 g/mol. The highest BCUT2D eigenvalue weighted by atomic mass is 32.2. The molecule has 0 aliphatic heterocycles. The number of nitrogens with zero attached hydrogens (tertiary/aromatic N) is 3. The molecule has 1 aromatic heterocycles. The molecule has 1 amide bonds. The summed E-state index contributed by atoms with van der Waals surface area (Å²) < 4.78 is 1.85. The number of carbonyl (C=O) groups is 1. The molecule has 1 heterocycles. The summed E-state index contributed by atoms with van der Waals surface area (Å²) in [7, 11) is 0. The van der Waals surface area contributed by atoms with Crippen molar-refractivity contribution in [1.82, 2.24) is 15.5 Å². The maximum Gasteiger partial charge on any atom is 0.385 e. The standard InChI is InChI=1S/C22H19N5OS/c28-21(16-29-22-23-17-24-27(22)20-14-8-3-9-15-20)25-26(18-10-4-1-5-11-18)19-12-6-2-7-13-19/h1-15,17H,16H2,(H,25,28)/p+1. The van der Waals surface area contributed by atoms with Crippen LogP contribution in [-0.2, 0) is 4.79 Å². The number of amides is 1. The van der Waals surface area contributed by atoms with Crippen LogP contribution in [-0.4, -0.2) is 21.7 Å². The Labute approximate surface area is 173 Å². The Morgan fingerprint density at radius 3 is 2.03 bits per heavy atom. The maximum atomic E-state index is 12.7. The van der Waals surface area contributed by atoms with Gasteiger partial charge in [0.05, 0.1) is 17.1 Å². The summed E-state index contributed by atoms with van der Waals surface area (Å²) in [6.45, 7) is 0. The number of aromatic nitrogens is 3. The van der Waals surface area contributed by atoms with Gasteiger partial charge in [0.25, 0.3) is 0 Å². The largest absolute Gasteiger partial charge is 0.385 e. The van der Waals surface area contributed by atoms with Crippen molar-refractivity contribution in [2.75, 3.05) is 10.8 Å². The molecule has 29 heavy (non-hydrogen) atoms. The number of H-pyrrole nitrogens is 1. The summed E-state index contributed by atoms with van der Waals surface area (Å²) in [6, 6.07) is 29.3. The van der Waals surface area contributed by atoms with E-state index >= 15 is 0 Å². The van der Waals surface area contributed by atoms with E-state index in [1.165, 1.54) is 11.8 Å². The molecule has 0 aliphatic carbocycles. The molecule has 0 unspecified atom stereocenters. The zero-order valence-electron chi connectivity index (χ0n) is 15.6. The number of hydrogen-bond donors (Lipinski definition) is 2. The second-order valence-electron chi connectivity index (χ2n) is 6.17. The molecule has 144 valence electrons. The Bertz CT molecular complexity index is 1010.